The Hall–Kier alpha value is -1.33. The van der Waals surface area contributed by atoms with E-state index in [1.165, 1.54) is 6.07 Å². The van der Waals surface area contributed by atoms with Gasteiger partial charge in [0, 0.05) is 17.6 Å². The lowest BCUT2D eigenvalue weighted by atomic mass is 10.2. The van der Waals surface area contributed by atoms with Gasteiger partial charge in [-0.3, -0.25) is 4.79 Å². The van der Waals surface area contributed by atoms with Crippen molar-refractivity contribution in [2.45, 2.75) is 0 Å². The standard InChI is InChI=1S/C11H13BrN2O2/c12-8-3-4-9(10(15)7-8)11(16)14-6-2-1-5-13/h1-4,7,15H,5-6,13H2,(H,14,16)/b2-1+. The van der Waals surface area contributed by atoms with Gasteiger partial charge in [0.05, 0.1) is 5.56 Å². The fraction of sp³-hybridized carbons (Fsp3) is 0.182. The van der Waals surface area contributed by atoms with Gasteiger partial charge in [-0.05, 0) is 18.2 Å². The van der Waals surface area contributed by atoms with Crippen LogP contribution in [0.5, 0.6) is 5.75 Å². The smallest absolute Gasteiger partial charge is 0.255 e. The zero-order valence-corrected chi connectivity index (χ0v) is 10.2. The summed E-state index contributed by atoms with van der Waals surface area (Å²) >= 11 is 3.20. The third-order valence-corrected chi connectivity index (χ3v) is 2.38. The lowest BCUT2D eigenvalue weighted by molar-refractivity contribution is 0.0955. The molecule has 16 heavy (non-hydrogen) atoms. The fourth-order valence-corrected chi connectivity index (χ4v) is 1.47. The molecule has 1 amide bonds. The minimum Gasteiger partial charge on any atom is -0.507 e. The van der Waals surface area contributed by atoms with E-state index in [0.29, 0.717) is 13.1 Å². The van der Waals surface area contributed by atoms with Crippen molar-refractivity contribution in [2.24, 2.45) is 5.73 Å². The average molecular weight is 285 g/mol. The summed E-state index contributed by atoms with van der Waals surface area (Å²) in [5, 5.41) is 12.2. The highest BCUT2D eigenvalue weighted by molar-refractivity contribution is 9.10. The molecule has 0 aliphatic rings. The molecule has 4 nitrogen and oxygen atoms in total. The van der Waals surface area contributed by atoms with E-state index in [1.54, 1.807) is 24.3 Å². The molecule has 1 aromatic carbocycles. The molecule has 0 radical (unpaired) electrons. The molecule has 0 bridgehead atoms. The number of aromatic hydroxyl groups is 1. The summed E-state index contributed by atoms with van der Waals surface area (Å²) in [4.78, 5) is 11.6. The van der Waals surface area contributed by atoms with Gasteiger partial charge in [-0.25, -0.2) is 0 Å². The van der Waals surface area contributed by atoms with E-state index < -0.39 is 0 Å². The summed E-state index contributed by atoms with van der Waals surface area (Å²) in [6.45, 7) is 0.838. The van der Waals surface area contributed by atoms with Gasteiger partial charge >= 0.3 is 0 Å². The van der Waals surface area contributed by atoms with Crippen LogP contribution >= 0.6 is 15.9 Å². The van der Waals surface area contributed by atoms with Crippen LogP contribution < -0.4 is 11.1 Å². The van der Waals surface area contributed by atoms with Gasteiger partial charge in [0.1, 0.15) is 5.75 Å². The van der Waals surface area contributed by atoms with Crippen molar-refractivity contribution in [2.75, 3.05) is 13.1 Å². The first-order chi connectivity index (χ1) is 7.65. The van der Waals surface area contributed by atoms with E-state index in [0.717, 1.165) is 4.47 Å². The summed E-state index contributed by atoms with van der Waals surface area (Å²) < 4.78 is 0.726. The number of hydrogen-bond acceptors (Lipinski definition) is 3. The molecule has 0 atom stereocenters. The number of nitrogens with one attached hydrogen (secondary N) is 1. The van der Waals surface area contributed by atoms with E-state index in [1.807, 2.05) is 0 Å². The number of phenols is 1. The normalized spacial score (nSPS) is 10.6. The molecule has 0 unspecified atom stereocenters. The number of carbonyl (C=O) groups is 1. The first-order valence-electron chi connectivity index (χ1n) is 4.77. The Bertz CT molecular complexity index is 405. The SMILES string of the molecule is NC/C=C/CNC(=O)c1ccc(Br)cc1O. The minimum atomic E-state index is -0.313. The fourth-order valence-electron chi connectivity index (χ4n) is 1.12. The van der Waals surface area contributed by atoms with Gasteiger partial charge in [-0.1, -0.05) is 28.1 Å². The van der Waals surface area contributed by atoms with Crippen molar-refractivity contribution in [1.82, 2.24) is 5.32 Å². The maximum atomic E-state index is 11.6. The van der Waals surface area contributed by atoms with Gasteiger partial charge in [0.25, 0.3) is 5.91 Å². The Morgan fingerprint density at radius 3 is 2.88 bits per heavy atom. The van der Waals surface area contributed by atoms with E-state index >= 15 is 0 Å². The Kier molecular flexibility index (Phi) is 5.01. The molecule has 5 heteroatoms. The second-order valence-corrected chi connectivity index (χ2v) is 3.99. The van der Waals surface area contributed by atoms with Gasteiger partial charge in [-0.2, -0.15) is 0 Å². The Labute approximate surface area is 102 Å². The second-order valence-electron chi connectivity index (χ2n) is 3.08. The predicted molar refractivity (Wildman–Crippen MR) is 66.3 cm³/mol. The maximum absolute atomic E-state index is 11.6. The van der Waals surface area contributed by atoms with Crippen LogP contribution in [0.4, 0.5) is 0 Å². The molecule has 86 valence electrons. The summed E-state index contributed by atoms with van der Waals surface area (Å²) in [5.41, 5.74) is 5.51. The molecule has 4 N–H and O–H groups in total. The topological polar surface area (TPSA) is 75.3 Å². The second kappa shape index (κ2) is 6.30. The van der Waals surface area contributed by atoms with Crippen molar-refractivity contribution in [3.05, 3.63) is 40.4 Å². The van der Waals surface area contributed by atoms with Gasteiger partial charge < -0.3 is 16.2 Å². The zero-order chi connectivity index (χ0) is 12.0. The minimum absolute atomic E-state index is 0.0466. The molecule has 0 aromatic heterocycles. The largest absolute Gasteiger partial charge is 0.507 e. The quantitative estimate of drug-likeness (QED) is 0.732. The molecule has 1 rings (SSSR count). The third kappa shape index (κ3) is 3.67. The number of carbonyl (C=O) groups excluding carboxylic acids is 1. The maximum Gasteiger partial charge on any atom is 0.255 e. The van der Waals surface area contributed by atoms with Crippen molar-refractivity contribution >= 4 is 21.8 Å². The zero-order valence-electron chi connectivity index (χ0n) is 8.61. The molecule has 0 heterocycles. The van der Waals surface area contributed by atoms with Crippen LogP contribution in [-0.4, -0.2) is 24.1 Å². The van der Waals surface area contributed by atoms with Crippen LogP contribution in [0, 0.1) is 0 Å². The van der Waals surface area contributed by atoms with Crippen molar-refractivity contribution in [3.8, 4) is 5.75 Å². The number of nitrogens with two attached hydrogens (primary N) is 1. The summed E-state index contributed by atoms with van der Waals surface area (Å²) in [5.74, 6) is -0.360. The molecular formula is C11H13BrN2O2. The predicted octanol–water partition coefficient (Wildman–Crippen LogP) is 1.40. The first-order valence-corrected chi connectivity index (χ1v) is 5.56. The summed E-state index contributed by atoms with van der Waals surface area (Å²) in [6.07, 6.45) is 3.51. The van der Waals surface area contributed by atoms with Crippen LogP contribution in [0.25, 0.3) is 0 Å². The average Bonchev–Trinajstić information content (AvgIpc) is 2.24. The molecular weight excluding hydrogens is 272 g/mol. The van der Waals surface area contributed by atoms with Crippen molar-refractivity contribution in [3.63, 3.8) is 0 Å². The number of benzene rings is 1. The summed E-state index contributed by atoms with van der Waals surface area (Å²) in [6, 6.07) is 4.73. The molecule has 0 fully saturated rings. The van der Waals surface area contributed by atoms with Crippen molar-refractivity contribution in [1.29, 1.82) is 0 Å². The number of rotatable bonds is 4. The highest BCUT2D eigenvalue weighted by atomic mass is 79.9. The molecule has 0 aliphatic carbocycles. The van der Waals surface area contributed by atoms with E-state index in [2.05, 4.69) is 21.2 Å². The number of hydrogen-bond donors (Lipinski definition) is 3. The molecule has 0 saturated heterocycles. The highest BCUT2D eigenvalue weighted by Crippen LogP contribution is 2.21. The number of amides is 1. The van der Waals surface area contributed by atoms with Crippen LogP contribution in [-0.2, 0) is 0 Å². The molecule has 0 aliphatic heterocycles. The Morgan fingerprint density at radius 2 is 2.25 bits per heavy atom. The van der Waals surface area contributed by atoms with Crippen LogP contribution in [0.3, 0.4) is 0 Å². The van der Waals surface area contributed by atoms with Gasteiger partial charge in [-0.15, -0.1) is 0 Å². The van der Waals surface area contributed by atoms with E-state index in [9.17, 15) is 9.90 Å². The lowest BCUT2D eigenvalue weighted by Gasteiger charge is -2.04. The first kappa shape index (κ1) is 12.7. The molecule has 1 aromatic rings. The van der Waals surface area contributed by atoms with Crippen LogP contribution in [0.15, 0.2) is 34.8 Å². The van der Waals surface area contributed by atoms with Crippen LogP contribution in [0.1, 0.15) is 10.4 Å². The molecule has 0 spiro atoms. The third-order valence-electron chi connectivity index (χ3n) is 1.89. The number of halogens is 1. The Balaban J connectivity index is 2.63. The van der Waals surface area contributed by atoms with Crippen molar-refractivity contribution < 1.29 is 9.90 Å². The van der Waals surface area contributed by atoms with E-state index in [4.69, 9.17) is 5.73 Å². The lowest BCUT2D eigenvalue weighted by Crippen LogP contribution is -2.23. The number of phenolic OH excluding ortho intramolecular Hbond substituents is 1. The monoisotopic (exact) mass is 284 g/mol. The van der Waals surface area contributed by atoms with E-state index in [-0.39, 0.29) is 17.2 Å². The highest BCUT2D eigenvalue weighted by Gasteiger charge is 2.09. The Morgan fingerprint density at radius 1 is 1.50 bits per heavy atom. The van der Waals surface area contributed by atoms with Gasteiger partial charge in [0.15, 0.2) is 0 Å². The molecule has 0 saturated carbocycles. The van der Waals surface area contributed by atoms with Gasteiger partial charge in [0.2, 0.25) is 0 Å². The van der Waals surface area contributed by atoms with Crippen LogP contribution in [0.2, 0.25) is 0 Å². The summed E-state index contributed by atoms with van der Waals surface area (Å²) in [7, 11) is 0.